The number of allylic oxidation sites excluding steroid dienone is 1. The summed E-state index contributed by atoms with van der Waals surface area (Å²) >= 11 is 0. The van der Waals surface area contributed by atoms with Crippen molar-refractivity contribution in [3.63, 3.8) is 0 Å². The summed E-state index contributed by atoms with van der Waals surface area (Å²) in [6.45, 7) is 2.14. The Bertz CT molecular complexity index is 841. The summed E-state index contributed by atoms with van der Waals surface area (Å²) in [5.41, 5.74) is 10.1. The Morgan fingerprint density at radius 2 is 1.78 bits per heavy atom. The fraction of sp³-hybridized carbons (Fsp3) is 0.150. The first-order chi connectivity index (χ1) is 13.0. The zero-order valence-corrected chi connectivity index (χ0v) is 15.1. The third-order valence-electron chi connectivity index (χ3n) is 3.52. The van der Waals surface area contributed by atoms with Gasteiger partial charge in [-0.3, -0.25) is 0 Å². The number of rotatable bonds is 7. The van der Waals surface area contributed by atoms with Crippen molar-refractivity contribution >= 4 is 23.8 Å². The number of benzene rings is 2. The minimum absolute atomic E-state index is 0.364. The number of esters is 1. The van der Waals surface area contributed by atoms with E-state index in [0.29, 0.717) is 17.9 Å². The van der Waals surface area contributed by atoms with Crippen LogP contribution in [0.3, 0.4) is 0 Å². The molecule has 27 heavy (non-hydrogen) atoms. The fourth-order valence-corrected chi connectivity index (χ4v) is 2.09. The molecule has 0 saturated carbocycles. The van der Waals surface area contributed by atoms with E-state index in [2.05, 4.69) is 15.3 Å². The van der Waals surface area contributed by atoms with Crippen molar-refractivity contribution in [2.24, 2.45) is 10.8 Å². The van der Waals surface area contributed by atoms with Crippen molar-refractivity contribution in [2.75, 3.05) is 7.11 Å². The van der Waals surface area contributed by atoms with Crippen LogP contribution < -0.4 is 15.9 Å². The van der Waals surface area contributed by atoms with Gasteiger partial charge in [0.15, 0.2) is 0 Å². The molecular weight excluding hydrogens is 346 g/mol. The first-order valence-corrected chi connectivity index (χ1v) is 8.16. The first-order valence-electron chi connectivity index (χ1n) is 8.16. The molecule has 0 aliphatic rings. The van der Waals surface area contributed by atoms with Crippen LogP contribution in [0.2, 0.25) is 0 Å². The second-order valence-corrected chi connectivity index (χ2v) is 5.61. The van der Waals surface area contributed by atoms with E-state index in [1.165, 1.54) is 7.11 Å². The molecule has 0 saturated heterocycles. The van der Waals surface area contributed by atoms with Crippen molar-refractivity contribution in [2.45, 2.75) is 13.5 Å². The van der Waals surface area contributed by atoms with E-state index in [0.717, 1.165) is 16.9 Å². The third-order valence-corrected chi connectivity index (χ3v) is 3.52. The van der Waals surface area contributed by atoms with Crippen molar-refractivity contribution in [3.05, 3.63) is 71.3 Å². The number of ether oxygens (including phenoxy) is 2. The molecule has 0 aliphatic heterocycles. The molecule has 2 aromatic carbocycles. The monoisotopic (exact) mass is 367 g/mol. The van der Waals surface area contributed by atoms with E-state index in [-0.39, 0.29) is 5.97 Å². The zero-order valence-electron chi connectivity index (χ0n) is 15.1. The van der Waals surface area contributed by atoms with E-state index in [1.807, 2.05) is 42.5 Å². The van der Waals surface area contributed by atoms with Gasteiger partial charge in [-0.25, -0.2) is 15.0 Å². The Morgan fingerprint density at radius 1 is 1.11 bits per heavy atom. The van der Waals surface area contributed by atoms with Crippen LogP contribution in [-0.4, -0.2) is 24.8 Å². The summed E-state index contributed by atoms with van der Waals surface area (Å²) < 4.78 is 10.4. The van der Waals surface area contributed by atoms with Crippen molar-refractivity contribution in [1.29, 1.82) is 0 Å². The number of urea groups is 1. The van der Waals surface area contributed by atoms with Gasteiger partial charge < -0.3 is 15.2 Å². The Morgan fingerprint density at radius 3 is 2.37 bits per heavy atom. The molecule has 0 aromatic heterocycles. The summed E-state index contributed by atoms with van der Waals surface area (Å²) in [5.74, 6) is 0.363. The number of hydrogen-bond donors (Lipinski definition) is 2. The number of nitrogens with two attached hydrogens (primary N) is 1. The van der Waals surface area contributed by atoms with Crippen LogP contribution in [0.1, 0.15) is 28.4 Å². The number of hydrazone groups is 1. The van der Waals surface area contributed by atoms with Crippen LogP contribution in [-0.2, 0) is 11.3 Å². The number of amides is 2. The Balaban J connectivity index is 1.89. The number of hydrogen-bond acceptors (Lipinski definition) is 5. The lowest BCUT2D eigenvalue weighted by molar-refractivity contribution is 0.0600. The maximum Gasteiger partial charge on any atom is 0.337 e. The minimum Gasteiger partial charge on any atom is -0.489 e. The number of carbonyl (C=O) groups is 2. The van der Waals surface area contributed by atoms with Gasteiger partial charge in [0.2, 0.25) is 0 Å². The molecule has 0 atom stereocenters. The molecule has 0 spiro atoms. The van der Waals surface area contributed by atoms with Gasteiger partial charge in [0.05, 0.1) is 18.4 Å². The molecule has 0 aliphatic carbocycles. The van der Waals surface area contributed by atoms with E-state index in [9.17, 15) is 9.59 Å². The standard InChI is InChI=1S/C20H21N3O4/c1-14(22-23-20(21)25)3-4-15-7-11-18(12-8-15)27-13-16-5-9-17(10-6-16)19(24)26-2/h3-12H,13H2,1-2H3,(H3,21,23,25). The lowest BCUT2D eigenvalue weighted by Crippen LogP contribution is -2.25. The average Bonchev–Trinajstić information content (AvgIpc) is 2.69. The SMILES string of the molecule is COC(=O)c1ccc(COc2ccc(C=CC(C)=NNC(N)=O)cc2)cc1. The molecule has 0 fully saturated rings. The smallest absolute Gasteiger partial charge is 0.337 e. The molecule has 2 rings (SSSR count). The summed E-state index contributed by atoms with van der Waals surface area (Å²) in [5, 5.41) is 3.79. The molecule has 2 amide bonds. The highest BCUT2D eigenvalue weighted by atomic mass is 16.5. The highest BCUT2D eigenvalue weighted by molar-refractivity contribution is 5.96. The number of primary amides is 1. The molecule has 7 nitrogen and oxygen atoms in total. The molecular formula is C20H21N3O4. The lowest BCUT2D eigenvalue weighted by atomic mass is 10.1. The number of nitrogens with zero attached hydrogens (tertiary/aromatic N) is 1. The summed E-state index contributed by atoms with van der Waals surface area (Å²) in [6.07, 6.45) is 3.62. The van der Waals surface area contributed by atoms with Gasteiger partial charge in [0.1, 0.15) is 12.4 Å². The Kier molecular flexibility index (Phi) is 7.13. The van der Waals surface area contributed by atoms with Gasteiger partial charge in [0, 0.05) is 0 Å². The Hall–Kier alpha value is -3.61. The van der Waals surface area contributed by atoms with Crippen LogP contribution >= 0.6 is 0 Å². The van der Waals surface area contributed by atoms with Crippen molar-refractivity contribution in [3.8, 4) is 5.75 Å². The molecule has 7 heteroatoms. The minimum atomic E-state index is -0.704. The molecule has 3 N–H and O–H groups in total. The van der Waals surface area contributed by atoms with Gasteiger partial charge in [-0.05, 0) is 48.4 Å². The predicted molar refractivity (Wildman–Crippen MR) is 103 cm³/mol. The van der Waals surface area contributed by atoms with Crippen LogP contribution in [0.25, 0.3) is 6.08 Å². The van der Waals surface area contributed by atoms with Crippen LogP contribution in [0, 0.1) is 0 Å². The predicted octanol–water partition coefficient (Wildman–Crippen LogP) is 3.11. The fourth-order valence-electron chi connectivity index (χ4n) is 2.09. The molecule has 0 bridgehead atoms. The lowest BCUT2D eigenvalue weighted by Gasteiger charge is -2.07. The Labute approximate surface area is 157 Å². The number of carbonyl (C=O) groups excluding carboxylic acids is 2. The van der Waals surface area contributed by atoms with Crippen molar-refractivity contribution < 1.29 is 19.1 Å². The van der Waals surface area contributed by atoms with Gasteiger partial charge in [-0.1, -0.05) is 30.3 Å². The quantitative estimate of drug-likeness (QED) is 0.446. The van der Waals surface area contributed by atoms with Gasteiger partial charge in [-0.15, -0.1) is 0 Å². The molecule has 0 unspecified atom stereocenters. The molecule has 140 valence electrons. The largest absolute Gasteiger partial charge is 0.489 e. The number of nitrogens with one attached hydrogen (secondary N) is 1. The highest BCUT2D eigenvalue weighted by Gasteiger charge is 2.04. The number of methoxy groups -OCH3 is 1. The van der Waals surface area contributed by atoms with Crippen LogP contribution in [0.15, 0.2) is 59.7 Å². The second-order valence-electron chi connectivity index (χ2n) is 5.61. The first kappa shape index (κ1) is 19.7. The van der Waals surface area contributed by atoms with E-state index < -0.39 is 6.03 Å². The topological polar surface area (TPSA) is 103 Å². The normalized spacial score (nSPS) is 11.3. The third kappa shape index (κ3) is 6.66. The van der Waals surface area contributed by atoms with E-state index in [4.69, 9.17) is 10.5 Å². The summed E-state index contributed by atoms with van der Waals surface area (Å²) in [4.78, 5) is 22.0. The molecule has 0 radical (unpaired) electrons. The van der Waals surface area contributed by atoms with Crippen LogP contribution in [0.4, 0.5) is 4.79 Å². The highest BCUT2D eigenvalue weighted by Crippen LogP contribution is 2.15. The van der Waals surface area contributed by atoms with Gasteiger partial charge in [0.25, 0.3) is 0 Å². The van der Waals surface area contributed by atoms with Crippen LogP contribution in [0.5, 0.6) is 5.75 Å². The summed E-state index contributed by atoms with van der Waals surface area (Å²) in [7, 11) is 1.35. The average molecular weight is 367 g/mol. The van der Waals surface area contributed by atoms with Gasteiger partial charge >= 0.3 is 12.0 Å². The zero-order chi connectivity index (χ0) is 19.6. The van der Waals surface area contributed by atoms with Crippen molar-refractivity contribution in [1.82, 2.24) is 5.43 Å². The van der Waals surface area contributed by atoms with Gasteiger partial charge in [-0.2, -0.15) is 5.10 Å². The maximum atomic E-state index is 11.4. The molecule has 0 heterocycles. The maximum absolute atomic E-state index is 11.4. The molecule has 2 aromatic rings. The van der Waals surface area contributed by atoms with E-state index >= 15 is 0 Å². The second kappa shape index (κ2) is 9.76. The summed E-state index contributed by atoms with van der Waals surface area (Å²) in [6, 6.07) is 13.9. The van der Waals surface area contributed by atoms with E-state index in [1.54, 1.807) is 25.1 Å².